The molecule has 0 atom stereocenters. The number of rotatable bonds is 7. The SMILES string of the molecule is CCCN(c1c(N)n(Cc2ccccc2)c(=O)[nH]c1=O)S(=O)(=O)c1ccccc1. The van der Waals surface area contributed by atoms with Gasteiger partial charge in [-0.25, -0.2) is 13.2 Å². The topological polar surface area (TPSA) is 118 Å². The molecule has 0 bridgehead atoms. The Bertz CT molecular complexity index is 1200. The molecule has 0 saturated heterocycles. The predicted octanol–water partition coefficient (Wildman–Crippen LogP) is 1.77. The first-order valence-corrected chi connectivity index (χ1v) is 10.5. The van der Waals surface area contributed by atoms with E-state index < -0.39 is 21.3 Å². The van der Waals surface area contributed by atoms with Crippen LogP contribution in [0.5, 0.6) is 0 Å². The van der Waals surface area contributed by atoms with Crippen molar-refractivity contribution in [2.75, 3.05) is 16.6 Å². The minimum Gasteiger partial charge on any atom is -0.383 e. The number of sulfonamides is 1. The van der Waals surface area contributed by atoms with Crippen LogP contribution in [0.3, 0.4) is 0 Å². The Hall–Kier alpha value is -3.33. The molecule has 1 heterocycles. The fourth-order valence-corrected chi connectivity index (χ4v) is 4.61. The van der Waals surface area contributed by atoms with Crippen molar-refractivity contribution in [2.45, 2.75) is 24.8 Å². The number of nitrogens with zero attached hydrogens (tertiary/aromatic N) is 2. The predicted molar refractivity (Wildman–Crippen MR) is 113 cm³/mol. The minimum atomic E-state index is -4.05. The second-order valence-electron chi connectivity index (χ2n) is 6.46. The third-order valence-corrected chi connectivity index (χ3v) is 6.22. The normalized spacial score (nSPS) is 11.3. The van der Waals surface area contributed by atoms with Crippen molar-refractivity contribution in [1.29, 1.82) is 0 Å². The van der Waals surface area contributed by atoms with E-state index in [2.05, 4.69) is 4.98 Å². The van der Waals surface area contributed by atoms with Gasteiger partial charge in [0.05, 0.1) is 11.4 Å². The van der Waals surface area contributed by atoms with Crippen LogP contribution in [0.25, 0.3) is 0 Å². The summed E-state index contributed by atoms with van der Waals surface area (Å²) in [6.45, 7) is 1.92. The molecule has 0 unspecified atom stereocenters. The monoisotopic (exact) mass is 414 g/mol. The zero-order valence-electron chi connectivity index (χ0n) is 15.9. The van der Waals surface area contributed by atoms with Crippen LogP contribution < -0.4 is 21.3 Å². The van der Waals surface area contributed by atoms with Crippen molar-refractivity contribution in [3.8, 4) is 0 Å². The summed E-state index contributed by atoms with van der Waals surface area (Å²) in [5, 5.41) is 0. The summed E-state index contributed by atoms with van der Waals surface area (Å²) in [6.07, 6.45) is 0.447. The maximum atomic E-state index is 13.2. The van der Waals surface area contributed by atoms with Gasteiger partial charge in [0.2, 0.25) is 0 Å². The van der Waals surface area contributed by atoms with Gasteiger partial charge in [-0.2, -0.15) is 0 Å². The average molecular weight is 414 g/mol. The number of nitrogens with one attached hydrogen (secondary N) is 1. The molecule has 152 valence electrons. The smallest absolute Gasteiger partial charge is 0.330 e. The molecule has 0 saturated carbocycles. The largest absolute Gasteiger partial charge is 0.383 e. The molecular formula is C20H22N4O4S. The Labute approximate surface area is 168 Å². The molecule has 2 aromatic carbocycles. The van der Waals surface area contributed by atoms with E-state index >= 15 is 0 Å². The highest BCUT2D eigenvalue weighted by Crippen LogP contribution is 2.25. The molecule has 0 aliphatic rings. The molecule has 0 spiro atoms. The maximum Gasteiger partial charge on any atom is 0.330 e. The first kappa shape index (κ1) is 20.4. The minimum absolute atomic E-state index is 0.0352. The number of benzene rings is 2. The molecule has 0 fully saturated rings. The Kier molecular flexibility index (Phi) is 5.88. The highest BCUT2D eigenvalue weighted by atomic mass is 32.2. The van der Waals surface area contributed by atoms with Gasteiger partial charge in [0.15, 0.2) is 5.69 Å². The van der Waals surface area contributed by atoms with Crippen molar-refractivity contribution < 1.29 is 8.42 Å². The van der Waals surface area contributed by atoms with Gasteiger partial charge < -0.3 is 5.73 Å². The van der Waals surface area contributed by atoms with Gasteiger partial charge in [0.1, 0.15) is 5.82 Å². The molecule has 3 N–H and O–H groups in total. The molecule has 9 heteroatoms. The Balaban J connectivity index is 2.18. The van der Waals surface area contributed by atoms with E-state index in [-0.39, 0.29) is 29.5 Å². The van der Waals surface area contributed by atoms with Crippen LogP contribution >= 0.6 is 0 Å². The molecule has 0 radical (unpaired) electrons. The summed E-state index contributed by atoms with van der Waals surface area (Å²) in [5.41, 5.74) is 5.16. The van der Waals surface area contributed by atoms with Crippen molar-refractivity contribution in [2.24, 2.45) is 0 Å². The molecular weight excluding hydrogens is 392 g/mol. The second kappa shape index (κ2) is 8.36. The molecule has 1 aromatic heterocycles. The molecule has 3 rings (SSSR count). The van der Waals surface area contributed by atoms with Gasteiger partial charge >= 0.3 is 5.69 Å². The van der Waals surface area contributed by atoms with E-state index in [1.54, 1.807) is 37.3 Å². The molecule has 8 nitrogen and oxygen atoms in total. The summed E-state index contributed by atoms with van der Waals surface area (Å²) in [5.74, 6) is -0.199. The van der Waals surface area contributed by atoms with Gasteiger partial charge in [0.25, 0.3) is 15.6 Å². The van der Waals surface area contributed by atoms with Crippen molar-refractivity contribution >= 4 is 21.5 Å². The number of aromatic nitrogens is 2. The number of nitrogen functional groups attached to an aromatic ring is 1. The average Bonchev–Trinajstić information content (AvgIpc) is 2.72. The van der Waals surface area contributed by atoms with Crippen LogP contribution in [0.1, 0.15) is 18.9 Å². The Morgan fingerprint density at radius 1 is 1.00 bits per heavy atom. The molecule has 0 aliphatic carbocycles. The van der Waals surface area contributed by atoms with Crippen LogP contribution in [-0.2, 0) is 16.6 Å². The lowest BCUT2D eigenvalue weighted by Gasteiger charge is -2.25. The van der Waals surface area contributed by atoms with Crippen molar-refractivity contribution in [1.82, 2.24) is 9.55 Å². The second-order valence-corrected chi connectivity index (χ2v) is 8.32. The van der Waals surface area contributed by atoms with Crippen LogP contribution in [-0.4, -0.2) is 24.5 Å². The summed E-state index contributed by atoms with van der Waals surface area (Å²) >= 11 is 0. The zero-order chi connectivity index (χ0) is 21.0. The van der Waals surface area contributed by atoms with Crippen LogP contribution in [0.15, 0.2) is 75.1 Å². The number of H-pyrrole nitrogens is 1. The standard InChI is InChI=1S/C20H22N4O4S/c1-2-13-24(29(27,28)16-11-7-4-8-12-16)17-18(21)23(20(26)22-19(17)25)14-15-9-5-3-6-10-15/h3-12H,2,13-14,21H2,1H3,(H,22,25,26). The highest BCUT2D eigenvalue weighted by molar-refractivity contribution is 7.92. The lowest BCUT2D eigenvalue weighted by Crippen LogP contribution is -2.41. The lowest BCUT2D eigenvalue weighted by atomic mass is 10.2. The number of anilines is 2. The van der Waals surface area contributed by atoms with Crippen molar-refractivity contribution in [3.63, 3.8) is 0 Å². The van der Waals surface area contributed by atoms with Gasteiger partial charge in [-0.1, -0.05) is 55.5 Å². The fourth-order valence-electron chi connectivity index (χ4n) is 3.02. The van der Waals surface area contributed by atoms with Gasteiger partial charge in [0, 0.05) is 6.54 Å². The maximum absolute atomic E-state index is 13.2. The molecule has 0 aliphatic heterocycles. The van der Waals surface area contributed by atoms with Gasteiger partial charge in [-0.05, 0) is 24.1 Å². The molecule has 29 heavy (non-hydrogen) atoms. The fraction of sp³-hybridized carbons (Fsp3) is 0.200. The first-order chi connectivity index (χ1) is 13.9. The molecule has 3 aromatic rings. The van der Waals surface area contributed by atoms with E-state index in [4.69, 9.17) is 5.73 Å². The number of hydrogen-bond donors (Lipinski definition) is 2. The van der Waals surface area contributed by atoms with E-state index in [1.807, 2.05) is 18.2 Å². The van der Waals surface area contributed by atoms with Crippen LogP contribution in [0, 0.1) is 0 Å². The lowest BCUT2D eigenvalue weighted by molar-refractivity contribution is 0.589. The Morgan fingerprint density at radius 2 is 1.59 bits per heavy atom. The van der Waals surface area contributed by atoms with E-state index in [0.29, 0.717) is 6.42 Å². The highest BCUT2D eigenvalue weighted by Gasteiger charge is 2.29. The van der Waals surface area contributed by atoms with E-state index in [0.717, 1.165) is 14.4 Å². The Morgan fingerprint density at radius 3 is 2.17 bits per heavy atom. The third-order valence-electron chi connectivity index (χ3n) is 4.40. The van der Waals surface area contributed by atoms with Gasteiger partial charge in [-0.3, -0.25) is 18.7 Å². The van der Waals surface area contributed by atoms with E-state index in [9.17, 15) is 18.0 Å². The van der Waals surface area contributed by atoms with Crippen LogP contribution in [0.4, 0.5) is 11.5 Å². The summed E-state index contributed by atoms with van der Waals surface area (Å²) in [6, 6.07) is 16.9. The number of hydrogen-bond acceptors (Lipinski definition) is 5. The van der Waals surface area contributed by atoms with Crippen LogP contribution in [0.2, 0.25) is 0 Å². The summed E-state index contributed by atoms with van der Waals surface area (Å²) in [4.78, 5) is 27.2. The quantitative estimate of drug-likeness (QED) is 0.611. The zero-order valence-corrected chi connectivity index (χ0v) is 16.7. The van der Waals surface area contributed by atoms with E-state index in [1.165, 1.54) is 12.1 Å². The number of nitrogens with two attached hydrogens (primary N) is 1. The first-order valence-electron chi connectivity index (χ1n) is 9.10. The van der Waals surface area contributed by atoms with Gasteiger partial charge in [-0.15, -0.1) is 0 Å². The molecule has 0 amide bonds. The third kappa shape index (κ3) is 4.09. The summed E-state index contributed by atoms with van der Waals surface area (Å²) in [7, 11) is -4.05. The van der Waals surface area contributed by atoms with Crippen molar-refractivity contribution in [3.05, 3.63) is 87.1 Å². The number of aromatic amines is 1. The summed E-state index contributed by atoms with van der Waals surface area (Å²) < 4.78 is 28.6.